The summed E-state index contributed by atoms with van der Waals surface area (Å²) in [4.78, 5) is 4.51. The number of pyridine rings is 1. The molecule has 2 aromatic rings. The summed E-state index contributed by atoms with van der Waals surface area (Å²) < 4.78 is 20.4. The van der Waals surface area contributed by atoms with Crippen molar-refractivity contribution in [2.24, 2.45) is 0 Å². The third kappa shape index (κ3) is 4.43. The molecule has 0 unspecified atom stereocenters. The summed E-state index contributed by atoms with van der Waals surface area (Å²) in [5, 5.41) is 1.44. The zero-order chi connectivity index (χ0) is 20.0. The Morgan fingerprint density at radius 1 is 1.15 bits per heavy atom. The van der Waals surface area contributed by atoms with E-state index in [0.29, 0.717) is 11.9 Å². The molecule has 0 spiro atoms. The van der Waals surface area contributed by atoms with Crippen LogP contribution in [0.3, 0.4) is 0 Å². The van der Waals surface area contributed by atoms with Crippen molar-refractivity contribution in [1.82, 2.24) is 9.55 Å². The molecule has 0 amide bonds. The Hall–Kier alpha value is -0.858. The lowest BCUT2D eigenvalue weighted by molar-refractivity contribution is 0.00578. The van der Waals surface area contributed by atoms with E-state index < -0.39 is 15.2 Å². The topological polar surface area (TPSA) is 45.5 Å². The van der Waals surface area contributed by atoms with Crippen molar-refractivity contribution < 1.29 is 14.0 Å². The largest absolute Gasteiger partial charge is 0.497 e. The molecular weight excluding hydrogens is 379 g/mol. The third-order valence-corrected chi connectivity index (χ3v) is 7.37. The van der Waals surface area contributed by atoms with Crippen LogP contribution in [0.4, 0.5) is 0 Å². The zero-order valence-electron chi connectivity index (χ0n) is 17.4. The van der Waals surface area contributed by atoms with Crippen molar-refractivity contribution in [3.63, 3.8) is 0 Å². The molecule has 0 aromatic carbocycles. The molecule has 1 aliphatic rings. The van der Waals surface area contributed by atoms with Gasteiger partial charge in [-0.2, -0.15) is 0 Å². The van der Waals surface area contributed by atoms with Crippen LogP contribution in [-0.4, -0.2) is 42.6 Å². The molecule has 27 heavy (non-hydrogen) atoms. The minimum absolute atomic E-state index is 0.389. The minimum atomic E-state index is -1.12. The van der Waals surface area contributed by atoms with E-state index >= 15 is 0 Å². The lowest BCUT2D eigenvalue weighted by atomic mass is 9.79. The maximum absolute atomic E-state index is 6.24. The lowest BCUT2D eigenvalue weighted by Gasteiger charge is -2.32. The summed E-state index contributed by atoms with van der Waals surface area (Å²) in [5.74, 6) is 0. The highest BCUT2D eigenvalue weighted by Crippen LogP contribution is 2.37. The van der Waals surface area contributed by atoms with Gasteiger partial charge in [-0.25, -0.2) is 4.98 Å². The lowest BCUT2D eigenvalue weighted by Crippen LogP contribution is -2.41. The van der Waals surface area contributed by atoms with E-state index in [2.05, 4.69) is 52.3 Å². The van der Waals surface area contributed by atoms with Crippen LogP contribution in [0.25, 0.3) is 11.0 Å². The first kappa shape index (κ1) is 20.9. The normalized spacial score (nSPS) is 19.2. The number of hydrogen-bond acceptors (Lipinski definition) is 4. The highest BCUT2D eigenvalue weighted by molar-refractivity contribution is 6.76. The molecular formula is C19H30BClN2O3Si. The molecule has 0 atom stereocenters. The van der Waals surface area contributed by atoms with Gasteiger partial charge in [0.15, 0.2) is 0 Å². The van der Waals surface area contributed by atoms with Gasteiger partial charge in [0.1, 0.15) is 17.5 Å². The number of ether oxygens (including phenoxy) is 1. The fourth-order valence-electron chi connectivity index (χ4n) is 2.97. The van der Waals surface area contributed by atoms with Gasteiger partial charge in [0, 0.05) is 31.7 Å². The number of hydrogen-bond donors (Lipinski definition) is 0. The molecule has 5 nitrogen and oxygen atoms in total. The molecule has 0 radical (unpaired) electrons. The summed E-state index contributed by atoms with van der Waals surface area (Å²) in [7, 11) is -1.56. The molecule has 1 fully saturated rings. The second-order valence-corrected chi connectivity index (χ2v) is 15.5. The molecule has 2 aromatic heterocycles. The van der Waals surface area contributed by atoms with Crippen molar-refractivity contribution in [2.75, 3.05) is 6.61 Å². The maximum Gasteiger partial charge on any atom is 0.497 e. The molecule has 148 valence electrons. The third-order valence-electron chi connectivity index (χ3n) is 5.45. The molecule has 8 heteroatoms. The van der Waals surface area contributed by atoms with Gasteiger partial charge in [-0.05, 0) is 45.9 Å². The number of halogens is 1. The number of fused-ring (bicyclic) bond motifs is 1. The van der Waals surface area contributed by atoms with Crippen molar-refractivity contribution in [2.45, 2.75) is 71.3 Å². The molecule has 1 saturated heterocycles. The average Bonchev–Trinajstić information content (AvgIpc) is 2.97. The molecule has 0 bridgehead atoms. The van der Waals surface area contributed by atoms with Crippen LogP contribution < -0.4 is 5.46 Å². The van der Waals surface area contributed by atoms with Crippen LogP contribution in [0, 0.1) is 0 Å². The SMILES string of the molecule is CC1(C)OB(c2cn(COCC[Si](C)(C)C)c3nc(Cl)ccc23)OC1(C)C. The molecule has 0 aliphatic carbocycles. The van der Waals surface area contributed by atoms with E-state index in [1.807, 2.05) is 16.8 Å². The van der Waals surface area contributed by atoms with Crippen LogP contribution in [0.5, 0.6) is 0 Å². The molecule has 3 heterocycles. The van der Waals surface area contributed by atoms with Gasteiger partial charge in [0.25, 0.3) is 0 Å². The molecule has 3 rings (SSSR count). The second kappa shape index (κ2) is 7.19. The van der Waals surface area contributed by atoms with Crippen LogP contribution in [0.15, 0.2) is 18.3 Å². The van der Waals surface area contributed by atoms with Crippen molar-refractivity contribution in [3.8, 4) is 0 Å². The fraction of sp³-hybridized carbons (Fsp3) is 0.632. The van der Waals surface area contributed by atoms with E-state index in [1.54, 1.807) is 6.07 Å². The van der Waals surface area contributed by atoms with Crippen LogP contribution in [0.2, 0.25) is 30.8 Å². The van der Waals surface area contributed by atoms with Crippen molar-refractivity contribution in [3.05, 3.63) is 23.5 Å². The van der Waals surface area contributed by atoms with E-state index in [9.17, 15) is 0 Å². The first-order chi connectivity index (χ1) is 12.4. The van der Waals surface area contributed by atoms with Crippen LogP contribution >= 0.6 is 11.6 Å². The van der Waals surface area contributed by atoms with Crippen LogP contribution in [-0.2, 0) is 20.8 Å². The second-order valence-electron chi connectivity index (χ2n) is 9.50. The van der Waals surface area contributed by atoms with Gasteiger partial charge in [0.05, 0.1) is 11.2 Å². The van der Waals surface area contributed by atoms with E-state index in [4.69, 9.17) is 25.6 Å². The Kier molecular flexibility index (Phi) is 5.56. The minimum Gasteiger partial charge on any atom is -0.399 e. The van der Waals surface area contributed by atoms with Gasteiger partial charge in [-0.15, -0.1) is 0 Å². The number of nitrogens with zero attached hydrogens (tertiary/aromatic N) is 2. The molecule has 0 saturated carbocycles. The molecule has 1 aliphatic heterocycles. The Morgan fingerprint density at radius 2 is 1.78 bits per heavy atom. The first-order valence-electron chi connectivity index (χ1n) is 9.48. The zero-order valence-corrected chi connectivity index (χ0v) is 19.2. The van der Waals surface area contributed by atoms with E-state index in [0.717, 1.165) is 29.1 Å². The Bertz CT molecular complexity index is 816. The summed E-state index contributed by atoms with van der Waals surface area (Å²) in [6, 6.07) is 4.91. The van der Waals surface area contributed by atoms with Gasteiger partial charge >= 0.3 is 7.12 Å². The maximum atomic E-state index is 6.24. The fourth-order valence-corrected chi connectivity index (χ4v) is 3.87. The Labute approximate surface area is 168 Å². The van der Waals surface area contributed by atoms with Gasteiger partial charge < -0.3 is 18.6 Å². The van der Waals surface area contributed by atoms with Gasteiger partial charge in [-0.3, -0.25) is 0 Å². The summed E-state index contributed by atoms with van der Waals surface area (Å²) in [6.45, 7) is 16.5. The number of rotatable bonds is 6. The van der Waals surface area contributed by atoms with Crippen molar-refractivity contribution in [1.29, 1.82) is 0 Å². The van der Waals surface area contributed by atoms with Crippen LogP contribution in [0.1, 0.15) is 27.7 Å². The van der Waals surface area contributed by atoms with Crippen molar-refractivity contribution >= 4 is 43.3 Å². The monoisotopic (exact) mass is 408 g/mol. The van der Waals surface area contributed by atoms with E-state index in [-0.39, 0.29) is 11.2 Å². The van der Waals surface area contributed by atoms with Gasteiger partial charge in [0.2, 0.25) is 0 Å². The quantitative estimate of drug-likeness (QED) is 0.406. The van der Waals surface area contributed by atoms with E-state index in [1.165, 1.54) is 0 Å². The first-order valence-corrected chi connectivity index (χ1v) is 13.6. The highest BCUT2D eigenvalue weighted by atomic mass is 35.5. The molecule has 0 N–H and O–H groups in total. The average molecular weight is 409 g/mol. The highest BCUT2D eigenvalue weighted by Gasteiger charge is 2.52. The smallest absolute Gasteiger partial charge is 0.399 e. The van der Waals surface area contributed by atoms with Gasteiger partial charge in [-0.1, -0.05) is 31.2 Å². The summed E-state index contributed by atoms with van der Waals surface area (Å²) in [5.41, 5.74) is 0.973. The predicted molar refractivity (Wildman–Crippen MR) is 115 cm³/mol. The predicted octanol–water partition coefficient (Wildman–Crippen LogP) is 4.30. The standard InChI is InChI=1S/C19H30BClN2O3Si/c1-18(2)19(3,4)26-20(25-18)15-12-23(13-24-10-11-27(5,6)7)17-14(15)8-9-16(21)22-17/h8-9,12H,10-11,13H2,1-7H3. The summed E-state index contributed by atoms with van der Waals surface area (Å²) in [6.07, 6.45) is 2.02. The Morgan fingerprint density at radius 3 is 2.37 bits per heavy atom. The number of aromatic nitrogens is 2. The summed E-state index contributed by atoms with van der Waals surface area (Å²) >= 11 is 6.15. The Balaban J connectivity index is 1.87.